The molecule has 10 heteroatoms. The molecule has 2 aromatic rings. The van der Waals surface area contributed by atoms with E-state index in [1.54, 1.807) is 10.6 Å². The molecular weight excluding hydrogens is 453 g/mol. The second-order valence-corrected chi connectivity index (χ2v) is 7.96. The molecular formula is C24H23F3N2O5. The Morgan fingerprint density at radius 1 is 1.09 bits per heavy atom. The summed E-state index contributed by atoms with van der Waals surface area (Å²) in [6, 6.07) is 13.2. The van der Waals surface area contributed by atoms with Crippen LogP contribution in [0.15, 0.2) is 61.2 Å². The number of carboxylic acids is 1. The van der Waals surface area contributed by atoms with Gasteiger partial charge in [-0.25, -0.2) is 9.59 Å². The van der Waals surface area contributed by atoms with E-state index < -0.39 is 41.6 Å². The van der Waals surface area contributed by atoms with Crippen molar-refractivity contribution in [3.63, 3.8) is 0 Å². The van der Waals surface area contributed by atoms with E-state index in [1.807, 2.05) is 48.5 Å². The van der Waals surface area contributed by atoms with E-state index in [0.29, 0.717) is 6.92 Å². The Balaban J connectivity index is 1.76. The first-order chi connectivity index (χ1) is 16.0. The molecule has 180 valence electrons. The van der Waals surface area contributed by atoms with Crippen molar-refractivity contribution in [2.24, 2.45) is 0 Å². The van der Waals surface area contributed by atoms with Crippen molar-refractivity contribution in [2.45, 2.75) is 37.0 Å². The molecule has 0 bridgehead atoms. The van der Waals surface area contributed by atoms with Gasteiger partial charge in [0.2, 0.25) is 5.54 Å². The van der Waals surface area contributed by atoms with Gasteiger partial charge in [-0.05, 0) is 35.6 Å². The van der Waals surface area contributed by atoms with Crippen molar-refractivity contribution in [3.8, 4) is 11.1 Å². The van der Waals surface area contributed by atoms with Crippen LogP contribution in [0, 0.1) is 0 Å². The van der Waals surface area contributed by atoms with E-state index in [9.17, 15) is 27.6 Å². The van der Waals surface area contributed by atoms with E-state index in [1.165, 1.54) is 0 Å². The van der Waals surface area contributed by atoms with Gasteiger partial charge in [-0.1, -0.05) is 54.6 Å². The summed E-state index contributed by atoms with van der Waals surface area (Å²) >= 11 is 0. The number of carboxylic acid groups (broad SMARTS) is 1. The monoisotopic (exact) mass is 476 g/mol. The zero-order valence-electron chi connectivity index (χ0n) is 18.2. The third kappa shape index (κ3) is 4.75. The molecule has 7 nitrogen and oxygen atoms in total. The Kier molecular flexibility index (Phi) is 6.99. The second kappa shape index (κ2) is 9.58. The summed E-state index contributed by atoms with van der Waals surface area (Å²) in [5.74, 6) is -3.67. The van der Waals surface area contributed by atoms with Crippen molar-refractivity contribution in [3.05, 3.63) is 72.3 Å². The zero-order chi connectivity index (χ0) is 25.1. The lowest BCUT2D eigenvalue weighted by Crippen LogP contribution is -2.66. The van der Waals surface area contributed by atoms with E-state index in [2.05, 4.69) is 6.58 Å². The average Bonchev–Trinajstić information content (AvgIpc) is 3.10. The van der Waals surface area contributed by atoms with Gasteiger partial charge < -0.3 is 15.2 Å². The fourth-order valence-electron chi connectivity index (χ4n) is 3.79. The number of nitrogens with one attached hydrogen (secondary N) is 2. The molecule has 0 heterocycles. The summed E-state index contributed by atoms with van der Waals surface area (Å²) in [6.07, 6.45) is -5.87. The van der Waals surface area contributed by atoms with Crippen LogP contribution in [0.5, 0.6) is 0 Å². The number of ether oxygens (including phenoxy) is 1. The largest absolute Gasteiger partial charge is 0.480 e. The van der Waals surface area contributed by atoms with Crippen molar-refractivity contribution >= 4 is 18.0 Å². The molecule has 0 fully saturated rings. The number of rotatable bonds is 8. The maximum atomic E-state index is 13.8. The number of alkyl halides is 3. The minimum absolute atomic E-state index is 0.260. The summed E-state index contributed by atoms with van der Waals surface area (Å²) in [5.41, 5.74) is 0.176. The maximum Gasteiger partial charge on any atom is 0.420 e. The van der Waals surface area contributed by atoms with Gasteiger partial charge >= 0.3 is 18.2 Å². The molecule has 2 atom stereocenters. The van der Waals surface area contributed by atoms with Crippen molar-refractivity contribution in [1.29, 1.82) is 0 Å². The first kappa shape index (κ1) is 24.8. The number of amides is 2. The molecule has 0 saturated heterocycles. The zero-order valence-corrected chi connectivity index (χ0v) is 18.2. The van der Waals surface area contributed by atoms with E-state index in [-0.39, 0.29) is 13.0 Å². The molecule has 0 aliphatic heterocycles. The van der Waals surface area contributed by atoms with Crippen molar-refractivity contribution < 1.29 is 37.4 Å². The summed E-state index contributed by atoms with van der Waals surface area (Å²) in [6.45, 7) is 3.50. The molecule has 3 rings (SSSR count). The molecule has 34 heavy (non-hydrogen) atoms. The first-order valence-corrected chi connectivity index (χ1v) is 10.3. The van der Waals surface area contributed by atoms with Crippen LogP contribution in [0.3, 0.4) is 0 Å². The summed E-state index contributed by atoms with van der Waals surface area (Å²) < 4.78 is 46.5. The van der Waals surface area contributed by atoms with Crippen LogP contribution >= 0.6 is 0 Å². The molecule has 0 radical (unpaired) electrons. The van der Waals surface area contributed by atoms with Crippen LogP contribution in [0.1, 0.15) is 30.4 Å². The highest BCUT2D eigenvalue weighted by Gasteiger charge is 2.58. The summed E-state index contributed by atoms with van der Waals surface area (Å²) in [4.78, 5) is 36.0. The highest BCUT2D eigenvalue weighted by Crippen LogP contribution is 2.44. The molecule has 2 aromatic carbocycles. The lowest BCUT2D eigenvalue weighted by Gasteiger charge is -2.32. The number of fused-ring (bicyclic) bond motifs is 3. The van der Waals surface area contributed by atoms with Gasteiger partial charge in [0.25, 0.3) is 5.91 Å². The van der Waals surface area contributed by atoms with Crippen LogP contribution in [-0.2, 0) is 14.3 Å². The molecule has 0 saturated carbocycles. The number of hydrogen-bond acceptors (Lipinski definition) is 4. The van der Waals surface area contributed by atoms with Crippen molar-refractivity contribution in [2.75, 3.05) is 6.61 Å². The van der Waals surface area contributed by atoms with E-state index >= 15 is 0 Å². The SMILES string of the molecule is C=CCC(NC(=O)C(C)(NC(=O)OCC1c2ccccc2-c2ccccc21)C(F)(F)F)C(=O)O. The molecule has 1 aliphatic carbocycles. The number of carbonyl (C=O) groups excluding carboxylic acids is 2. The number of alkyl carbamates (subject to hydrolysis) is 1. The van der Waals surface area contributed by atoms with Crippen LogP contribution in [0.4, 0.5) is 18.0 Å². The quantitative estimate of drug-likeness (QED) is 0.500. The molecule has 0 aromatic heterocycles. The van der Waals surface area contributed by atoms with Crippen LogP contribution < -0.4 is 10.6 Å². The Bertz CT molecular complexity index is 1070. The van der Waals surface area contributed by atoms with Gasteiger partial charge in [0.05, 0.1) is 0 Å². The number of benzene rings is 2. The maximum absolute atomic E-state index is 13.8. The predicted octanol–water partition coefficient (Wildman–Crippen LogP) is 3.99. The fourth-order valence-corrected chi connectivity index (χ4v) is 3.79. The topological polar surface area (TPSA) is 105 Å². The Labute approximate surface area is 193 Å². The highest BCUT2D eigenvalue weighted by atomic mass is 19.4. The number of aliphatic carboxylic acids is 1. The van der Waals surface area contributed by atoms with E-state index in [0.717, 1.165) is 28.3 Å². The molecule has 2 unspecified atom stereocenters. The normalized spacial score (nSPS) is 15.3. The molecule has 2 amide bonds. The van der Waals surface area contributed by atoms with Crippen LogP contribution in [0.2, 0.25) is 0 Å². The minimum Gasteiger partial charge on any atom is -0.480 e. The Morgan fingerprint density at radius 2 is 1.62 bits per heavy atom. The van der Waals surface area contributed by atoms with Gasteiger partial charge in [0.15, 0.2) is 0 Å². The van der Waals surface area contributed by atoms with Crippen LogP contribution in [-0.4, -0.2) is 47.4 Å². The standard InChI is InChI=1S/C24H23F3N2O5/c1-3-8-19(20(30)31)28-21(32)23(2,24(25,26)27)29-22(33)34-13-18-16-11-6-4-9-14(16)15-10-5-7-12-17(15)18/h3-7,9-12,18-19H,1,8,13H2,2H3,(H,28,32)(H,29,33)(H,30,31). The number of carbonyl (C=O) groups is 3. The second-order valence-electron chi connectivity index (χ2n) is 7.96. The minimum atomic E-state index is -5.24. The molecule has 0 spiro atoms. The Hall–Kier alpha value is -3.82. The number of hydrogen-bond donors (Lipinski definition) is 3. The van der Waals surface area contributed by atoms with Gasteiger partial charge in [-0.15, -0.1) is 6.58 Å². The lowest BCUT2D eigenvalue weighted by atomic mass is 9.98. The van der Waals surface area contributed by atoms with E-state index in [4.69, 9.17) is 9.84 Å². The molecule has 3 N–H and O–H groups in total. The van der Waals surface area contributed by atoms with Gasteiger partial charge in [0.1, 0.15) is 12.6 Å². The summed E-state index contributed by atoms with van der Waals surface area (Å²) in [5, 5.41) is 12.5. The first-order valence-electron chi connectivity index (χ1n) is 10.3. The summed E-state index contributed by atoms with van der Waals surface area (Å²) in [7, 11) is 0. The predicted molar refractivity (Wildman–Crippen MR) is 117 cm³/mol. The van der Waals surface area contributed by atoms with Gasteiger partial charge in [0, 0.05) is 5.92 Å². The smallest absolute Gasteiger partial charge is 0.420 e. The van der Waals surface area contributed by atoms with Crippen molar-refractivity contribution in [1.82, 2.24) is 10.6 Å². The number of halogens is 3. The lowest BCUT2D eigenvalue weighted by molar-refractivity contribution is -0.194. The average molecular weight is 476 g/mol. The Morgan fingerprint density at radius 3 is 2.09 bits per heavy atom. The van der Waals surface area contributed by atoms with Gasteiger partial charge in [-0.3, -0.25) is 10.1 Å². The molecule has 1 aliphatic rings. The van der Waals surface area contributed by atoms with Crippen LogP contribution in [0.25, 0.3) is 11.1 Å². The van der Waals surface area contributed by atoms with Gasteiger partial charge in [-0.2, -0.15) is 13.2 Å². The highest BCUT2D eigenvalue weighted by molar-refractivity contribution is 5.93. The third-order valence-corrected chi connectivity index (χ3v) is 5.72. The fraction of sp³-hybridized carbons (Fsp3) is 0.292. The third-order valence-electron chi connectivity index (χ3n) is 5.72.